The lowest BCUT2D eigenvalue weighted by molar-refractivity contribution is -0.140. The highest BCUT2D eigenvalue weighted by molar-refractivity contribution is 7.05. The fourth-order valence-electron chi connectivity index (χ4n) is 3.81. The zero-order valence-electron chi connectivity index (χ0n) is 20.0. The van der Waals surface area contributed by atoms with Crippen LogP contribution >= 0.6 is 11.5 Å². The minimum Gasteiger partial charge on any atom is -0.445 e. The van der Waals surface area contributed by atoms with Crippen LogP contribution in [0.15, 0.2) is 36.5 Å². The predicted molar refractivity (Wildman–Crippen MR) is 132 cm³/mol. The van der Waals surface area contributed by atoms with Crippen LogP contribution in [0.2, 0.25) is 0 Å². The minimum atomic E-state index is -1.02. The highest BCUT2D eigenvalue weighted by Gasteiger charge is 2.32. The second kappa shape index (κ2) is 13.0. The van der Waals surface area contributed by atoms with Gasteiger partial charge in [-0.25, -0.2) is 9.17 Å². The number of ether oxygens (including phenoxy) is 1. The molecule has 0 fully saturated rings. The van der Waals surface area contributed by atoms with Crippen LogP contribution in [0.5, 0.6) is 0 Å². The van der Waals surface area contributed by atoms with Crippen LogP contribution < -0.4 is 16.0 Å². The standard InChI is InChI=1S/C25H32N4O5S/c1-16(2)21(29-25(33)34-15-17-8-4-3-5-9-17)23(31)28-19-12-11-18-14-27-35-20(18)10-6-7-13-26-24(32)22(19)30/h3-5,8-9,14,16,19,21H,6-7,10-13,15H2,1-2H3,(H,26,32)(H,28,31)(H,29,33). The molecule has 0 spiro atoms. The topological polar surface area (TPSA) is 126 Å². The Morgan fingerprint density at radius 1 is 1.17 bits per heavy atom. The molecule has 2 aromatic rings. The van der Waals surface area contributed by atoms with Crippen molar-refractivity contribution in [2.45, 2.75) is 64.6 Å². The summed E-state index contributed by atoms with van der Waals surface area (Å²) in [7, 11) is 0. The normalized spacial score (nSPS) is 17.9. The van der Waals surface area contributed by atoms with E-state index in [2.05, 4.69) is 20.3 Å². The number of nitrogens with zero attached hydrogens (tertiary/aromatic N) is 1. The summed E-state index contributed by atoms with van der Waals surface area (Å²) < 4.78 is 9.51. The summed E-state index contributed by atoms with van der Waals surface area (Å²) in [5.74, 6) is -2.23. The Labute approximate surface area is 209 Å². The average Bonchev–Trinajstić information content (AvgIpc) is 3.29. The molecule has 2 atom stereocenters. The number of alkyl carbamates (subject to hydrolysis) is 1. The average molecular weight is 501 g/mol. The number of hydrogen-bond acceptors (Lipinski definition) is 7. The first kappa shape index (κ1) is 26.3. The monoisotopic (exact) mass is 500 g/mol. The Morgan fingerprint density at radius 2 is 1.94 bits per heavy atom. The number of carbonyl (C=O) groups is 4. The van der Waals surface area contributed by atoms with Crippen LogP contribution in [0.25, 0.3) is 0 Å². The molecule has 3 rings (SSSR count). The first-order valence-corrected chi connectivity index (χ1v) is 12.6. The number of fused-ring (bicyclic) bond motifs is 1. The van der Waals surface area contributed by atoms with Crippen molar-refractivity contribution < 1.29 is 23.9 Å². The maximum atomic E-state index is 13.1. The first-order valence-electron chi connectivity index (χ1n) is 11.9. The molecule has 10 heteroatoms. The van der Waals surface area contributed by atoms with Crippen molar-refractivity contribution in [3.05, 3.63) is 52.5 Å². The fourth-order valence-corrected chi connectivity index (χ4v) is 4.62. The fraction of sp³-hybridized carbons (Fsp3) is 0.480. The number of aromatic nitrogens is 1. The van der Waals surface area contributed by atoms with Crippen molar-refractivity contribution >= 4 is 35.2 Å². The number of rotatable bonds is 6. The van der Waals surface area contributed by atoms with Gasteiger partial charge in [-0.1, -0.05) is 44.2 Å². The predicted octanol–water partition coefficient (Wildman–Crippen LogP) is 2.53. The molecule has 3 amide bonds. The van der Waals surface area contributed by atoms with Crippen molar-refractivity contribution in [2.75, 3.05) is 6.54 Å². The maximum absolute atomic E-state index is 13.1. The molecule has 1 aliphatic rings. The number of benzene rings is 1. The highest BCUT2D eigenvalue weighted by atomic mass is 32.1. The molecule has 1 aromatic heterocycles. The number of Topliss-reactive ketones (excluding diaryl/α,β-unsaturated/α-hetero) is 1. The van der Waals surface area contributed by atoms with E-state index in [0.717, 1.165) is 35.3 Å². The number of aryl methyl sites for hydroxylation is 2. The minimum absolute atomic E-state index is 0.0669. The molecular weight excluding hydrogens is 468 g/mol. The van der Waals surface area contributed by atoms with Crippen molar-refractivity contribution in [3.8, 4) is 0 Å². The third-order valence-corrected chi connectivity index (χ3v) is 6.74. The summed E-state index contributed by atoms with van der Waals surface area (Å²) in [6.45, 7) is 4.02. The van der Waals surface area contributed by atoms with E-state index in [4.69, 9.17) is 4.74 Å². The van der Waals surface area contributed by atoms with Gasteiger partial charge in [-0.3, -0.25) is 14.4 Å². The van der Waals surface area contributed by atoms with Gasteiger partial charge in [0.2, 0.25) is 11.7 Å². The lowest BCUT2D eigenvalue weighted by Crippen LogP contribution is -2.55. The molecular formula is C25H32N4O5S. The van der Waals surface area contributed by atoms with E-state index in [9.17, 15) is 19.2 Å². The smallest absolute Gasteiger partial charge is 0.408 e. The van der Waals surface area contributed by atoms with Gasteiger partial charge in [-0.2, -0.15) is 0 Å². The Bertz CT molecular complexity index is 1020. The van der Waals surface area contributed by atoms with Gasteiger partial charge in [-0.05, 0) is 60.7 Å². The van der Waals surface area contributed by atoms with Gasteiger partial charge in [0.15, 0.2) is 0 Å². The van der Waals surface area contributed by atoms with Crippen molar-refractivity contribution in [2.24, 2.45) is 5.92 Å². The zero-order chi connectivity index (χ0) is 25.2. The van der Waals surface area contributed by atoms with Gasteiger partial charge in [0.1, 0.15) is 12.6 Å². The Kier molecular flexibility index (Phi) is 9.77. The van der Waals surface area contributed by atoms with Crippen molar-refractivity contribution in [1.82, 2.24) is 20.3 Å². The second-order valence-corrected chi connectivity index (χ2v) is 9.77. The van der Waals surface area contributed by atoms with Gasteiger partial charge in [0, 0.05) is 17.6 Å². The number of ketones is 1. The number of amides is 3. The Morgan fingerprint density at radius 3 is 2.69 bits per heavy atom. The van der Waals surface area contributed by atoms with E-state index in [1.807, 2.05) is 30.3 Å². The first-order chi connectivity index (χ1) is 16.8. The second-order valence-electron chi connectivity index (χ2n) is 8.88. The third-order valence-electron chi connectivity index (χ3n) is 5.84. The van der Waals surface area contributed by atoms with Crippen LogP contribution in [-0.4, -0.2) is 46.7 Å². The van der Waals surface area contributed by atoms with Crippen LogP contribution in [0, 0.1) is 5.92 Å². The van der Waals surface area contributed by atoms with E-state index < -0.39 is 35.8 Å². The number of carbonyl (C=O) groups excluding carboxylic acids is 4. The van der Waals surface area contributed by atoms with Crippen molar-refractivity contribution in [1.29, 1.82) is 0 Å². The number of hydrogen-bond donors (Lipinski definition) is 3. The van der Waals surface area contributed by atoms with E-state index in [-0.39, 0.29) is 18.9 Å². The van der Waals surface area contributed by atoms with E-state index >= 15 is 0 Å². The lowest BCUT2D eigenvalue weighted by Gasteiger charge is -2.25. The lowest BCUT2D eigenvalue weighted by atomic mass is 9.98. The van der Waals surface area contributed by atoms with Crippen LogP contribution in [-0.2, 0) is 38.6 Å². The van der Waals surface area contributed by atoms with Crippen LogP contribution in [0.3, 0.4) is 0 Å². The van der Waals surface area contributed by atoms with Crippen molar-refractivity contribution in [3.63, 3.8) is 0 Å². The summed E-state index contributed by atoms with van der Waals surface area (Å²) in [5.41, 5.74) is 1.85. The molecule has 1 aliphatic heterocycles. The summed E-state index contributed by atoms with van der Waals surface area (Å²) in [5, 5.41) is 7.93. The molecule has 0 saturated carbocycles. The third kappa shape index (κ3) is 7.88. The van der Waals surface area contributed by atoms with E-state index in [1.54, 1.807) is 20.0 Å². The zero-order valence-corrected chi connectivity index (χ0v) is 20.9. The quantitative estimate of drug-likeness (QED) is 0.523. The molecule has 3 N–H and O–H groups in total. The van der Waals surface area contributed by atoms with E-state index in [0.29, 0.717) is 13.0 Å². The van der Waals surface area contributed by atoms with Gasteiger partial charge in [0.05, 0.1) is 6.04 Å². The molecule has 0 saturated heterocycles. The Balaban J connectivity index is 1.66. The largest absolute Gasteiger partial charge is 0.445 e. The highest BCUT2D eigenvalue weighted by Crippen LogP contribution is 2.19. The summed E-state index contributed by atoms with van der Waals surface area (Å²) in [6.07, 6.45) is 4.33. The van der Waals surface area contributed by atoms with Gasteiger partial charge >= 0.3 is 6.09 Å². The summed E-state index contributed by atoms with van der Waals surface area (Å²) in [6, 6.07) is 7.25. The summed E-state index contributed by atoms with van der Waals surface area (Å²) >= 11 is 1.44. The van der Waals surface area contributed by atoms with Gasteiger partial charge < -0.3 is 20.7 Å². The van der Waals surface area contributed by atoms with Crippen LogP contribution in [0.4, 0.5) is 4.79 Å². The SMILES string of the molecule is CC(C)C(NC(=O)OCc1ccccc1)C(=O)NC1CCc2cnsc2CCCCNC(=O)C1=O. The molecule has 0 aliphatic carbocycles. The molecule has 2 unspecified atom stereocenters. The number of nitrogens with one attached hydrogen (secondary N) is 3. The maximum Gasteiger partial charge on any atom is 0.408 e. The molecule has 0 bridgehead atoms. The van der Waals surface area contributed by atoms with Gasteiger partial charge in [-0.15, -0.1) is 0 Å². The van der Waals surface area contributed by atoms with Gasteiger partial charge in [0.25, 0.3) is 5.91 Å². The summed E-state index contributed by atoms with van der Waals surface area (Å²) in [4.78, 5) is 51.9. The molecule has 188 valence electrons. The molecule has 2 heterocycles. The van der Waals surface area contributed by atoms with E-state index in [1.165, 1.54) is 11.5 Å². The molecule has 9 nitrogen and oxygen atoms in total. The molecule has 1 aromatic carbocycles. The molecule has 0 radical (unpaired) electrons. The molecule has 35 heavy (non-hydrogen) atoms. The Hall–Kier alpha value is -3.27. The van der Waals surface area contributed by atoms with Crippen LogP contribution in [0.1, 0.15) is 49.1 Å².